The minimum absolute atomic E-state index is 0.0496. The van der Waals surface area contributed by atoms with Crippen LogP contribution in [0.4, 0.5) is 0 Å². The Hall–Kier alpha value is -1.92. The number of carboxylic acids is 1. The van der Waals surface area contributed by atoms with Gasteiger partial charge in [-0.15, -0.1) is 5.10 Å². The molecule has 7 heteroatoms. The molecule has 1 unspecified atom stereocenters. The van der Waals surface area contributed by atoms with Crippen LogP contribution in [0.15, 0.2) is 12.4 Å². The van der Waals surface area contributed by atoms with Gasteiger partial charge in [0.2, 0.25) is 5.91 Å². The summed E-state index contributed by atoms with van der Waals surface area (Å²) >= 11 is 0. The van der Waals surface area contributed by atoms with Gasteiger partial charge in [0.1, 0.15) is 6.54 Å². The number of carbonyl (C=O) groups is 2. The molecular weight excluding hydrogens is 236 g/mol. The van der Waals surface area contributed by atoms with E-state index in [1.165, 1.54) is 10.9 Å². The van der Waals surface area contributed by atoms with Crippen molar-refractivity contribution in [2.45, 2.75) is 26.8 Å². The van der Waals surface area contributed by atoms with Gasteiger partial charge in [0.15, 0.2) is 0 Å². The molecule has 1 amide bonds. The molecule has 0 saturated heterocycles. The molecule has 0 radical (unpaired) electrons. The van der Waals surface area contributed by atoms with Gasteiger partial charge in [-0.1, -0.05) is 19.1 Å². The molecule has 0 aliphatic rings. The number of hydrogen-bond acceptors (Lipinski definition) is 4. The van der Waals surface area contributed by atoms with Crippen LogP contribution >= 0.6 is 0 Å². The van der Waals surface area contributed by atoms with E-state index in [1.807, 2.05) is 13.8 Å². The van der Waals surface area contributed by atoms with Crippen LogP contribution < -0.4 is 5.32 Å². The van der Waals surface area contributed by atoms with Gasteiger partial charge in [0.25, 0.3) is 0 Å². The van der Waals surface area contributed by atoms with Gasteiger partial charge in [0, 0.05) is 12.7 Å². The van der Waals surface area contributed by atoms with E-state index >= 15 is 0 Å². The monoisotopic (exact) mass is 254 g/mol. The Labute approximate surface area is 105 Å². The van der Waals surface area contributed by atoms with Crippen molar-refractivity contribution in [3.63, 3.8) is 0 Å². The zero-order chi connectivity index (χ0) is 13.5. The first-order chi connectivity index (χ1) is 8.49. The number of nitrogens with one attached hydrogen (secondary N) is 1. The first-order valence-electron chi connectivity index (χ1n) is 5.82. The normalized spacial score (nSPS) is 12.4. The predicted octanol–water partition coefficient (Wildman–Crippen LogP) is 0.141. The maximum absolute atomic E-state index is 11.5. The summed E-state index contributed by atoms with van der Waals surface area (Å²) in [6.45, 7) is 4.09. The molecule has 0 aromatic carbocycles. The summed E-state index contributed by atoms with van der Waals surface area (Å²) in [5.41, 5.74) is 0. The molecule has 1 aromatic heterocycles. The van der Waals surface area contributed by atoms with Crippen molar-refractivity contribution in [3.8, 4) is 0 Å². The molecule has 0 saturated carbocycles. The third-order valence-corrected chi connectivity index (χ3v) is 2.43. The second kappa shape index (κ2) is 6.73. The Kier molecular flexibility index (Phi) is 5.29. The van der Waals surface area contributed by atoms with E-state index in [4.69, 9.17) is 5.11 Å². The highest BCUT2D eigenvalue weighted by atomic mass is 16.4. The number of nitrogens with zero attached hydrogens (tertiary/aromatic N) is 3. The van der Waals surface area contributed by atoms with Gasteiger partial charge in [-0.25, -0.2) is 4.68 Å². The van der Waals surface area contributed by atoms with Gasteiger partial charge in [-0.3, -0.25) is 9.59 Å². The zero-order valence-electron chi connectivity index (χ0n) is 10.5. The Bertz CT molecular complexity index is 389. The molecule has 0 spiro atoms. The Morgan fingerprint density at radius 3 is 2.67 bits per heavy atom. The quantitative estimate of drug-likeness (QED) is 0.721. The summed E-state index contributed by atoms with van der Waals surface area (Å²) in [5.74, 6) is -1.43. The van der Waals surface area contributed by atoms with Gasteiger partial charge < -0.3 is 10.4 Å². The van der Waals surface area contributed by atoms with Crippen LogP contribution in [0.1, 0.15) is 20.3 Å². The molecule has 1 heterocycles. The Morgan fingerprint density at radius 2 is 2.17 bits per heavy atom. The summed E-state index contributed by atoms with van der Waals surface area (Å²) in [6, 6.07) is 0. The van der Waals surface area contributed by atoms with E-state index < -0.39 is 11.9 Å². The van der Waals surface area contributed by atoms with Crippen molar-refractivity contribution in [3.05, 3.63) is 12.4 Å². The summed E-state index contributed by atoms with van der Waals surface area (Å²) in [4.78, 5) is 22.5. The number of rotatable bonds is 7. The van der Waals surface area contributed by atoms with Crippen molar-refractivity contribution in [2.75, 3.05) is 6.54 Å². The van der Waals surface area contributed by atoms with Crippen molar-refractivity contribution in [2.24, 2.45) is 11.8 Å². The maximum atomic E-state index is 11.5. The van der Waals surface area contributed by atoms with Crippen LogP contribution in [0.5, 0.6) is 0 Å². The lowest BCUT2D eigenvalue weighted by molar-refractivity contribution is -0.142. The molecule has 0 aliphatic carbocycles. The van der Waals surface area contributed by atoms with E-state index in [0.29, 0.717) is 6.42 Å². The third-order valence-electron chi connectivity index (χ3n) is 2.43. The highest BCUT2D eigenvalue weighted by Crippen LogP contribution is 2.10. The molecular formula is C11H18N4O3. The predicted molar refractivity (Wildman–Crippen MR) is 63.6 cm³/mol. The topological polar surface area (TPSA) is 97.1 Å². The maximum Gasteiger partial charge on any atom is 0.308 e. The van der Waals surface area contributed by atoms with E-state index in [9.17, 15) is 9.59 Å². The molecule has 0 bridgehead atoms. The van der Waals surface area contributed by atoms with Gasteiger partial charge in [-0.05, 0) is 12.3 Å². The average molecular weight is 254 g/mol. The van der Waals surface area contributed by atoms with Crippen molar-refractivity contribution in [1.82, 2.24) is 20.3 Å². The molecule has 1 atom stereocenters. The number of amides is 1. The molecule has 7 nitrogen and oxygen atoms in total. The number of aliphatic carboxylic acids is 1. The van der Waals surface area contributed by atoms with Crippen molar-refractivity contribution < 1.29 is 14.7 Å². The fourth-order valence-corrected chi connectivity index (χ4v) is 1.60. The van der Waals surface area contributed by atoms with E-state index in [0.717, 1.165) is 0 Å². The standard InChI is InChI=1S/C11H18N4O3/c1-8(2)5-9(11(17)18)6-12-10(16)7-15-4-3-13-14-15/h3-4,8-9H,5-7H2,1-2H3,(H,12,16)(H,17,18). The number of carbonyl (C=O) groups excluding carboxylic acids is 1. The smallest absolute Gasteiger partial charge is 0.308 e. The minimum atomic E-state index is -0.884. The van der Waals surface area contributed by atoms with E-state index in [2.05, 4.69) is 15.6 Å². The molecule has 0 aliphatic heterocycles. The highest BCUT2D eigenvalue weighted by molar-refractivity contribution is 5.77. The fourth-order valence-electron chi connectivity index (χ4n) is 1.60. The number of aromatic nitrogens is 3. The average Bonchev–Trinajstić information content (AvgIpc) is 2.76. The lowest BCUT2D eigenvalue weighted by atomic mass is 9.97. The van der Waals surface area contributed by atoms with Crippen molar-refractivity contribution in [1.29, 1.82) is 0 Å². The minimum Gasteiger partial charge on any atom is -0.481 e. The van der Waals surface area contributed by atoms with Gasteiger partial charge >= 0.3 is 5.97 Å². The first kappa shape index (κ1) is 14.1. The Morgan fingerprint density at radius 1 is 1.44 bits per heavy atom. The largest absolute Gasteiger partial charge is 0.481 e. The number of hydrogen-bond donors (Lipinski definition) is 2. The highest BCUT2D eigenvalue weighted by Gasteiger charge is 2.19. The first-order valence-corrected chi connectivity index (χ1v) is 5.82. The summed E-state index contributed by atoms with van der Waals surface area (Å²) in [7, 11) is 0. The molecule has 0 fully saturated rings. The van der Waals surface area contributed by atoms with E-state index in [-0.39, 0.29) is 24.9 Å². The van der Waals surface area contributed by atoms with Crippen LogP contribution in [-0.4, -0.2) is 38.5 Å². The SMILES string of the molecule is CC(C)CC(CNC(=O)Cn1ccnn1)C(=O)O. The lowest BCUT2D eigenvalue weighted by Crippen LogP contribution is -2.35. The third kappa shape index (κ3) is 4.94. The van der Waals surface area contributed by atoms with Crippen molar-refractivity contribution >= 4 is 11.9 Å². The molecule has 1 aromatic rings. The van der Waals surface area contributed by atoms with Crippen LogP contribution in [-0.2, 0) is 16.1 Å². The summed E-state index contributed by atoms with van der Waals surface area (Å²) in [5, 5.41) is 18.8. The van der Waals surface area contributed by atoms with Crippen LogP contribution in [0, 0.1) is 11.8 Å². The van der Waals surface area contributed by atoms with Gasteiger partial charge in [0.05, 0.1) is 12.1 Å². The van der Waals surface area contributed by atoms with Crippen LogP contribution in [0.2, 0.25) is 0 Å². The zero-order valence-corrected chi connectivity index (χ0v) is 10.5. The van der Waals surface area contributed by atoms with E-state index in [1.54, 1.807) is 6.20 Å². The van der Waals surface area contributed by atoms with Crippen LogP contribution in [0.3, 0.4) is 0 Å². The second-order valence-corrected chi connectivity index (χ2v) is 4.57. The lowest BCUT2D eigenvalue weighted by Gasteiger charge is -2.15. The molecule has 1 rings (SSSR count). The number of carboxylic acid groups (broad SMARTS) is 1. The van der Waals surface area contributed by atoms with Crippen LogP contribution in [0.25, 0.3) is 0 Å². The summed E-state index contributed by atoms with van der Waals surface area (Å²) in [6.07, 6.45) is 3.59. The summed E-state index contributed by atoms with van der Waals surface area (Å²) < 4.78 is 1.38. The second-order valence-electron chi connectivity index (χ2n) is 4.57. The Balaban J connectivity index is 2.37. The fraction of sp³-hybridized carbons (Fsp3) is 0.636. The van der Waals surface area contributed by atoms with Gasteiger partial charge in [-0.2, -0.15) is 0 Å². The molecule has 18 heavy (non-hydrogen) atoms. The molecule has 100 valence electrons. The molecule has 2 N–H and O–H groups in total.